The fraction of sp³-hybridized carbons (Fsp3) is 0.333. The van der Waals surface area contributed by atoms with Gasteiger partial charge in [0.25, 0.3) is 5.91 Å². The van der Waals surface area contributed by atoms with E-state index in [-0.39, 0.29) is 17.5 Å². The van der Waals surface area contributed by atoms with Crippen LogP contribution in [0.3, 0.4) is 0 Å². The number of rotatable bonds is 5. The van der Waals surface area contributed by atoms with Gasteiger partial charge in [0.2, 0.25) is 0 Å². The second-order valence-corrected chi connectivity index (χ2v) is 7.64. The highest BCUT2D eigenvalue weighted by atomic mass is 19.1. The second-order valence-electron chi connectivity index (χ2n) is 7.64. The third kappa shape index (κ3) is 3.99. The maximum atomic E-state index is 13.9. The number of anilines is 1. The zero-order valence-corrected chi connectivity index (χ0v) is 17.1. The first-order chi connectivity index (χ1) is 14.6. The van der Waals surface area contributed by atoms with Crippen LogP contribution in [-0.2, 0) is 13.0 Å². The lowest BCUT2D eigenvalue weighted by molar-refractivity contribution is 0.0981. The van der Waals surface area contributed by atoms with Crippen molar-refractivity contribution in [3.63, 3.8) is 0 Å². The van der Waals surface area contributed by atoms with Crippen molar-refractivity contribution >= 4 is 11.6 Å². The molecule has 156 valence electrons. The van der Waals surface area contributed by atoms with E-state index in [0.29, 0.717) is 29.3 Å². The minimum atomic E-state index is -0.341. The number of hydrogen-bond acceptors (Lipinski definition) is 2. The average molecular weight is 409 g/mol. The zero-order valence-electron chi connectivity index (χ0n) is 17.1. The average Bonchev–Trinajstić information content (AvgIpc) is 2.93. The van der Waals surface area contributed by atoms with E-state index in [9.17, 15) is 13.6 Å². The van der Waals surface area contributed by atoms with Crippen LogP contribution in [0.1, 0.15) is 48.8 Å². The number of imidazole rings is 1. The highest BCUT2D eigenvalue weighted by molar-refractivity contribution is 6.06. The molecule has 0 saturated heterocycles. The Labute approximate surface area is 175 Å². The van der Waals surface area contributed by atoms with Gasteiger partial charge in [-0.2, -0.15) is 0 Å². The third-order valence-corrected chi connectivity index (χ3v) is 5.48. The van der Waals surface area contributed by atoms with Crippen LogP contribution >= 0.6 is 0 Å². The molecule has 0 unspecified atom stereocenters. The molecule has 0 N–H and O–H groups in total. The number of benzene rings is 2. The lowest BCUT2D eigenvalue weighted by Crippen LogP contribution is -2.32. The molecule has 2 aromatic carbocycles. The molecule has 0 fully saturated rings. The molecular weight excluding hydrogens is 384 g/mol. The van der Waals surface area contributed by atoms with Gasteiger partial charge in [0, 0.05) is 24.3 Å². The minimum Gasteiger partial charge on any atom is -0.327 e. The Morgan fingerprint density at radius 3 is 2.60 bits per heavy atom. The van der Waals surface area contributed by atoms with E-state index in [1.807, 2.05) is 13.0 Å². The van der Waals surface area contributed by atoms with Gasteiger partial charge in [0.05, 0.1) is 5.69 Å². The predicted octanol–water partition coefficient (Wildman–Crippen LogP) is 5.61. The molecule has 0 spiro atoms. The fourth-order valence-electron chi connectivity index (χ4n) is 4.06. The van der Waals surface area contributed by atoms with Gasteiger partial charge in [-0.15, -0.1) is 0 Å². The molecule has 0 aliphatic carbocycles. The van der Waals surface area contributed by atoms with Crippen molar-refractivity contribution < 1.29 is 13.6 Å². The Hall–Kier alpha value is -3.02. The summed E-state index contributed by atoms with van der Waals surface area (Å²) >= 11 is 0. The van der Waals surface area contributed by atoms with Crippen LogP contribution in [0, 0.1) is 11.6 Å². The van der Waals surface area contributed by atoms with Crippen molar-refractivity contribution in [1.82, 2.24) is 9.55 Å². The van der Waals surface area contributed by atoms with Crippen molar-refractivity contribution in [3.8, 4) is 11.4 Å². The van der Waals surface area contributed by atoms with E-state index in [2.05, 4.69) is 4.57 Å². The van der Waals surface area contributed by atoms with Gasteiger partial charge in [-0.1, -0.05) is 25.5 Å². The van der Waals surface area contributed by atoms with Gasteiger partial charge in [0.1, 0.15) is 17.5 Å². The molecule has 2 heterocycles. The summed E-state index contributed by atoms with van der Waals surface area (Å²) in [5, 5.41) is 0. The molecule has 30 heavy (non-hydrogen) atoms. The molecule has 6 heteroatoms. The lowest BCUT2D eigenvalue weighted by Gasteiger charge is -2.22. The first-order valence-electron chi connectivity index (χ1n) is 10.5. The molecule has 1 aromatic heterocycles. The van der Waals surface area contributed by atoms with E-state index in [0.717, 1.165) is 44.3 Å². The maximum absolute atomic E-state index is 13.9. The maximum Gasteiger partial charge on any atom is 0.278 e. The first-order valence-corrected chi connectivity index (χ1v) is 10.5. The largest absolute Gasteiger partial charge is 0.327 e. The van der Waals surface area contributed by atoms with Crippen LogP contribution in [0.5, 0.6) is 0 Å². The van der Waals surface area contributed by atoms with Gasteiger partial charge in [0.15, 0.2) is 5.69 Å². The van der Waals surface area contributed by atoms with Gasteiger partial charge >= 0.3 is 0 Å². The van der Waals surface area contributed by atoms with Crippen molar-refractivity contribution in [2.45, 2.75) is 45.6 Å². The summed E-state index contributed by atoms with van der Waals surface area (Å²) in [7, 11) is 0. The number of halogens is 2. The molecule has 1 aliphatic rings. The molecule has 1 amide bonds. The van der Waals surface area contributed by atoms with Crippen LogP contribution in [0.2, 0.25) is 0 Å². The van der Waals surface area contributed by atoms with E-state index in [4.69, 9.17) is 4.98 Å². The van der Waals surface area contributed by atoms with E-state index in [1.54, 1.807) is 23.1 Å². The number of aromatic nitrogens is 2. The third-order valence-electron chi connectivity index (χ3n) is 5.48. The van der Waals surface area contributed by atoms with Crippen LogP contribution in [0.25, 0.3) is 11.4 Å². The molecule has 0 atom stereocenters. The topological polar surface area (TPSA) is 38.1 Å². The SMILES string of the molecule is CCCN(C(=O)c1nc(-c2cccc(F)c2)n2c1CCCCC2)c1ccc(F)cc1. The molecule has 0 radical (unpaired) electrons. The summed E-state index contributed by atoms with van der Waals surface area (Å²) < 4.78 is 29.3. The van der Waals surface area contributed by atoms with Crippen LogP contribution in [0.15, 0.2) is 48.5 Å². The molecule has 4 rings (SSSR count). The van der Waals surface area contributed by atoms with Crippen LogP contribution in [-0.4, -0.2) is 22.0 Å². The zero-order chi connectivity index (χ0) is 21.1. The Balaban J connectivity index is 1.80. The minimum absolute atomic E-state index is 0.197. The first kappa shape index (κ1) is 20.3. The van der Waals surface area contributed by atoms with E-state index >= 15 is 0 Å². The quantitative estimate of drug-likeness (QED) is 0.549. The smallest absolute Gasteiger partial charge is 0.278 e. The lowest BCUT2D eigenvalue weighted by atomic mass is 10.1. The summed E-state index contributed by atoms with van der Waals surface area (Å²) in [5.74, 6) is -0.237. The molecule has 0 saturated carbocycles. The summed E-state index contributed by atoms with van der Waals surface area (Å²) in [6.07, 6.45) is 4.58. The molecular formula is C24H25F2N3O. The Morgan fingerprint density at radius 2 is 1.87 bits per heavy atom. The van der Waals surface area contributed by atoms with Crippen molar-refractivity contribution in [3.05, 3.63) is 71.6 Å². The van der Waals surface area contributed by atoms with Gasteiger partial charge < -0.3 is 9.47 Å². The van der Waals surface area contributed by atoms with Crippen molar-refractivity contribution in [1.29, 1.82) is 0 Å². The molecule has 0 bridgehead atoms. The normalized spacial score (nSPS) is 13.6. The highest BCUT2D eigenvalue weighted by Gasteiger charge is 2.28. The van der Waals surface area contributed by atoms with Crippen LogP contribution < -0.4 is 4.90 Å². The van der Waals surface area contributed by atoms with Gasteiger partial charge in [-0.05, 0) is 62.1 Å². The monoisotopic (exact) mass is 409 g/mol. The Kier molecular flexibility index (Phi) is 5.93. The second kappa shape index (κ2) is 8.78. The molecule has 3 aromatic rings. The fourth-order valence-corrected chi connectivity index (χ4v) is 4.06. The number of carbonyl (C=O) groups is 1. The summed E-state index contributed by atoms with van der Waals surface area (Å²) in [6.45, 7) is 3.26. The summed E-state index contributed by atoms with van der Waals surface area (Å²) in [6, 6.07) is 12.3. The highest BCUT2D eigenvalue weighted by Crippen LogP contribution is 2.29. The number of hydrogen-bond donors (Lipinski definition) is 0. The number of fused-ring (bicyclic) bond motifs is 1. The Bertz CT molecular complexity index is 1040. The van der Waals surface area contributed by atoms with E-state index < -0.39 is 0 Å². The van der Waals surface area contributed by atoms with Crippen molar-refractivity contribution in [2.24, 2.45) is 0 Å². The molecule has 1 aliphatic heterocycles. The van der Waals surface area contributed by atoms with Crippen molar-refractivity contribution in [2.75, 3.05) is 11.4 Å². The Morgan fingerprint density at radius 1 is 1.07 bits per heavy atom. The van der Waals surface area contributed by atoms with Gasteiger partial charge in [-0.3, -0.25) is 4.79 Å². The number of amides is 1. The number of carbonyl (C=O) groups excluding carboxylic acids is 1. The number of nitrogens with zero attached hydrogens (tertiary/aromatic N) is 3. The van der Waals surface area contributed by atoms with E-state index in [1.165, 1.54) is 24.3 Å². The summed E-state index contributed by atoms with van der Waals surface area (Å²) in [5.41, 5.74) is 2.63. The van der Waals surface area contributed by atoms with Crippen LogP contribution in [0.4, 0.5) is 14.5 Å². The van der Waals surface area contributed by atoms with Gasteiger partial charge in [-0.25, -0.2) is 13.8 Å². The standard InChI is InChI=1S/C24H25F2N3O/c1-2-14-28(20-12-10-18(25)11-13-20)24(30)22-21-9-4-3-5-15-29(21)23(27-22)17-7-6-8-19(26)16-17/h6-8,10-13,16H,2-5,9,14-15H2,1H3. The molecule has 4 nitrogen and oxygen atoms in total. The predicted molar refractivity (Wildman–Crippen MR) is 114 cm³/mol. The summed E-state index contributed by atoms with van der Waals surface area (Å²) in [4.78, 5) is 20.0.